The number of rotatable bonds is 5. The Morgan fingerprint density at radius 3 is 3.12 bits per heavy atom. The number of nitrogens with zero attached hydrogens (tertiary/aromatic N) is 3. The van der Waals surface area contributed by atoms with Crippen molar-refractivity contribution < 1.29 is 5.11 Å². The van der Waals surface area contributed by atoms with Crippen molar-refractivity contribution in [2.24, 2.45) is 0 Å². The van der Waals surface area contributed by atoms with Crippen molar-refractivity contribution in [1.29, 1.82) is 5.26 Å². The van der Waals surface area contributed by atoms with Gasteiger partial charge in [0.05, 0.1) is 17.5 Å². The summed E-state index contributed by atoms with van der Waals surface area (Å²) in [7, 11) is 0. The van der Waals surface area contributed by atoms with Gasteiger partial charge in [-0.1, -0.05) is 0 Å². The van der Waals surface area contributed by atoms with E-state index in [-0.39, 0.29) is 6.61 Å². The number of aliphatic hydroxyl groups excluding tert-OH is 1. The highest BCUT2D eigenvalue weighted by Crippen LogP contribution is 2.08. The maximum atomic E-state index is 8.84. The molecule has 0 radical (unpaired) electrons. The van der Waals surface area contributed by atoms with E-state index in [0.717, 1.165) is 24.3 Å². The van der Waals surface area contributed by atoms with Crippen LogP contribution in [0.1, 0.15) is 17.7 Å². The van der Waals surface area contributed by atoms with E-state index in [2.05, 4.69) is 16.4 Å². The number of imidazole rings is 1. The quantitative estimate of drug-likeness (QED) is 0.741. The average molecular weight is 230 g/mol. The lowest BCUT2D eigenvalue weighted by molar-refractivity contribution is 0.286. The number of nitrogens with one attached hydrogen (secondary N) is 1. The van der Waals surface area contributed by atoms with Crippen molar-refractivity contribution >= 4 is 5.65 Å². The summed E-state index contributed by atoms with van der Waals surface area (Å²) < 4.78 is 1.91. The molecule has 0 bridgehead atoms. The van der Waals surface area contributed by atoms with Crippen LogP contribution in [-0.2, 0) is 6.54 Å². The fourth-order valence-corrected chi connectivity index (χ4v) is 1.65. The van der Waals surface area contributed by atoms with E-state index in [4.69, 9.17) is 10.4 Å². The van der Waals surface area contributed by atoms with Gasteiger partial charge in [-0.05, 0) is 25.1 Å². The van der Waals surface area contributed by atoms with Crippen molar-refractivity contribution in [1.82, 2.24) is 14.7 Å². The number of nitriles is 1. The zero-order valence-corrected chi connectivity index (χ0v) is 9.43. The van der Waals surface area contributed by atoms with Crippen LogP contribution in [-0.4, -0.2) is 27.6 Å². The van der Waals surface area contributed by atoms with Crippen molar-refractivity contribution in [3.8, 4) is 6.07 Å². The number of pyridine rings is 1. The Bertz CT molecular complexity index is 541. The Hall–Kier alpha value is -1.90. The Balaban J connectivity index is 2.14. The summed E-state index contributed by atoms with van der Waals surface area (Å²) in [5, 5.41) is 20.7. The lowest BCUT2D eigenvalue weighted by Crippen LogP contribution is -2.16. The molecule has 0 saturated heterocycles. The molecule has 2 aromatic heterocycles. The standard InChI is InChI=1S/C12H14N4O/c13-6-10-2-3-12-15-8-11(16(12)9-10)7-14-4-1-5-17/h2-3,8-9,14,17H,1,4-5,7H2. The van der Waals surface area contributed by atoms with Crippen LogP contribution in [0.4, 0.5) is 0 Å². The van der Waals surface area contributed by atoms with E-state index in [1.807, 2.05) is 10.5 Å². The molecule has 2 rings (SSSR count). The van der Waals surface area contributed by atoms with Crippen molar-refractivity contribution in [2.75, 3.05) is 13.2 Å². The van der Waals surface area contributed by atoms with Crippen LogP contribution < -0.4 is 5.32 Å². The molecule has 0 aliphatic heterocycles. The van der Waals surface area contributed by atoms with Gasteiger partial charge in [-0.25, -0.2) is 4.98 Å². The molecule has 17 heavy (non-hydrogen) atoms. The number of hydrogen-bond acceptors (Lipinski definition) is 4. The molecule has 88 valence electrons. The fourth-order valence-electron chi connectivity index (χ4n) is 1.65. The molecule has 0 atom stereocenters. The highest BCUT2D eigenvalue weighted by molar-refractivity contribution is 5.44. The smallest absolute Gasteiger partial charge is 0.137 e. The first-order valence-corrected chi connectivity index (χ1v) is 5.53. The summed E-state index contributed by atoms with van der Waals surface area (Å²) >= 11 is 0. The SMILES string of the molecule is N#Cc1ccc2ncc(CNCCCO)n2c1. The van der Waals surface area contributed by atoms with E-state index >= 15 is 0 Å². The summed E-state index contributed by atoms with van der Waals surface area (Å²) in [5.41, 5.74) is 2.46. The minimum atomic E-state index is 0.193. The zero-order chi connectivity index (χ0) is 12.1. The predicted octanol–water partition coefficient (Wildman–Crippen LogP) is 0.678. The van der Waals surface area contributed by atoms with Gasteiger partial charge in [0.25, 0.3) is 0 Å². The van der Waals surface area contributed by atoms with Crippen LogP contribution in [0.25, 0.3) is 5.65 Å². The van der Waals surface area contributed by atoms with Crippen LogP contribution in [0, 0.1) is 11.3 Å². The van der Waals surface area contributed by atoms with Gasteiger partial charge in [-0.15, -0.1) is 0 Å². The summed E-state index contributed by atoms with van der Waals surface area (Å²) in [4.78, 5) is 4.26. The molecule has 5 nitrogen and oxygen atoms in total. The third-order valence-corrected chi connectivity index (χ3v) is 2.53. The van der Waals surface area contributed by atoms with Crippen LogP contribution in [0.2, 0.25) is 0 Å². The summed E-state index contributed by atoms with van der Waals surface area (Å²) in [6, 6.07) is 5.69. The molecule has 0 spiro atoms. The first-order chi connectivity index (χ1) is 8.35. The topological polar surface area (TPSA) is 73.3 Å². The molecule has 5 heteroatoms. The first kappa shape index (κ1) is 11.6. The summed E-state index contributed by atoms with van der Waals surface area (Å²) in [5.74, 6) is 0. The number of hydrogen-bond donors (Lipinski definition) is 2. The van der Waals surface area contributed by atoms with Gasteiger partial charge >= 0.3 is 0 Å². The number of fused-ring (bicyclic) bond motifs is 1. The minimum absolute atomic E-state index is 0.193. The van der Waals surface area contributed by atoms with Crippen LogP contribution >= 0.6 is 0 Å². The van der Waals surface area contributed by atoms with E-state index < -0.39 is 0 Å². The monoisotopic (exact) mass is 230 g/mol. The zero-order valence-electron chi connectivity index (χ0n) is 9.43. The van der Waals surface area contributed by atoms with Gasteiger partial charge < -0.3 is 14.8 Å². The molecule has 2 aromatic rings. The fraction of sp³-hybridized carbons (Fsp3) is 0.333. The second-order valence-corrected chi connectivity index (χ2v) is 3.76. The van der Waals surface area contributed by atoms with Crippen LogP contribution in [0.15, 0.2) is 24.5 Å². The Morgan fingerprint density at radius 1 is 1.47 bits per heavy atom. The van der Waals surface area contributed by atoms with E-state index in [1.54, 1.807) is 18.5 Å². The minimum Gasteiger partial charge on any atom is -0.396 e. The van der Waals surface area contributed by atoms with Crippen LogP contribution in [0.5, 0.6) is 0 Å². The second kappa shape index (κ2) is 5.43. The summed E-state index contributed by atoms with van der Waals surface area (Å²) in [6.07, 6.45) is 4.31. The third kappa shape index (κ3) is 2.61. The van der Waals surface area contributed by atoms with Crippen molar-refractivity contribution in [3.63, 3.8) is 0 Å². The third-order valence-electron chi connectivity index (χ3n) is 2.53. The van der Waals surface area contributed by atoms with Crippen LogP contribution in [0.3, 0.4) is 0 Å². The maximum Gasteiger partial charge on any atom is 0.137 e. The lowest BCUT2D eigenvalue weighted by Gasteiger charge is -2.03. The molecule has 0 aliphatic carbocycles. The molecule has 0 amide bonds. The Kier molecular flexibility index (Phi) is 3.70. The molecule has 0 fully saturated rings. The van der Waals surface area contributed by atoms with E-state index in [1.165, 1.54) is 0 Å². The van der Waals surface area contributed by atoms with Gasteiger partial charge in [-0.2, -0.15) is 5.26 Å². The van der Waals surface area contributed by atoms with Crippen molar-refractivity contribution in [3.05, 3.63) is 35.8 Å². The molecule has 2 heterocycles. The van der Waals surface area contributed by atoms with Gasteiger partial charge in [0.2, 0.25) is 0 Å². The molecule has 0 aliphatic rings. The highest BCUT2D eigenvalue weighted by atomic mass is 16.3. The highest BCUT2D eigenvalue weighted by Gasteiger charge is 2.03. The number of aliphatic hydroxyl groups is 1. The number of aromatic nitrogens is 2. The van der Waals surface area contributed by atoms with Gasteiger partial charge in [-0.3, -0.25) is 0 Å². The molecular formula is C12H14N4O. The molecular weight excluding hydrogens is 216 g/mol. The average Bonchev–Trinajstić information content (AvgIpc) is 2.77. The Morgan fingerprint density at radius 2 is 2.35 bits per heavy atom. The van der Waals surface area contributed by atoms with Gasteiger partial charge in [0.1, 0.15) is 11.7 Å². The molecule has 0 saturated carbocycles. The molecule has 2 N–H and O–H groups in total. The maximum absolute atomic E-state index is 8.84. The van der Waals surface area contributed by atoms with Crippen molar-refractivity contribution in [2.45, 2.75) is 13.0 Å². The van der Waals surface area contributed by atoms with Gasteiger partial charge in [0.15, 0.2) is 0 Å². The lowest BCUT2D eigenvalue weighted by atomic mass is 10.3. The predicted molar refractivity (Wildman–Crippen MR) is 63.3 cm³/mol. The van der Waals surface area contributed by atoms with Gasteiger partial charge in [0, 0.05) is 19.3 Å². The Labute approximate surface area is 99.3 Å². The second-order valence-electron chi connectivity index (χ2n) is 3.76. The van der Waals surface area contributed by atoms with E-state index in [0.29, 0.717) is 12.1 Å². The van der Waals surface area contributed by atoms with E-state index in [9.17, 15) is 0 Å². The summed E-state index contributed by atoms with van der Waals surface area (Å²) in [6.45, 7) is 1.64. The largest absolute Gasteiger partial charge is 0.396 e. The normalized spacial score (nSPS) is 10.6. The first-order valence-electron chi connectivity index (χ1n) is 5.53. The molecule has 0 unspecified atom stereocenters. The molecule has 0 aromatic carbocycles.